The summed E-state index contributed by atoms with van der Waals surface area (Å²) in [4.78, 5) is 37.3. The van der Waals surface area contributed by atoms with E-state index in [1.807, 2.05) is 18.4 Å². The Morgan fingerprint density at radius 1 is 1.03 bits per heavy atom. The Hall–Kier alpha value is -2.69. The number of ketones is 1. The minimum atomic E-state index is -3.67. The van der Waals surface area contributed by atoms with Gasteiger partial charge < -0.3 is 10.1 Å². The van der Waals surface area contributed by atoms with Gasteiger partial charge in [-0.2, -0.15) is 0 Å². The van der Waals surface area contributed by atoms with Crippen LogP contribution in [0.4, 0.5) is 5.69 Å². The zero-order chi connectivity index (χ0) is 23.9. The summed E-state index contributed by atoms with van der Waals surface area (Å²) in [5, 5.41) is 2.51. The summed E-state index contributed by atoms with van der Waals surface area (Å²) in [6, 6.07) is 11.6. The number of rotatable bonds is 10. The second-order valence-corrected chi connectivity index (χ2v) is 10.1. The van der Waals surface area contributed by atoms with E-state index < -0.39 is 28.5 Å². The summed E-state index contributed by atoms with van der Waals surface area (Å²) >= 11 is 1.57. The Labute approximate surface area is 192 Å². The van der Waals surface area contributed by atoms with Crippen LogP contribution < -0.4 is 5.32 Å². The highest BCUT2D eigenvalue weighted by Crippen LogP contribution is 2.22. The number of aryl methyl sites for hydroxylation is 1. The molecule has 0 aliphatic rings. The van der Waals surface area contributed by atoms with Crippen molar-refractivity contribution in [3.05, 3.63) is 53.6 Å². The number of Topliss-reactive ketones (excluding diaryl/α,β-unsaturated/α-hetero) is 1. The Balaban J connectivity index is 1.86. The van der Waals surface area contributed by atoms with Crippen molar-refractivity contribution in [2.24, 2.45) is 0 Å². The van der Waals surface area contributed by atoms with Crippen LogP contribution in [0.25, 0.3) is 0 Å². The lowest BCUT2D eigenvalue weighted by atomic mass is 10.1. The number of carbonyl (C=O) groups excluding carboxylic acids is 3. The Morgan fingerprint density at radius 2 is 1.69 bits per heavy atom. The van der Waals surface area contributed by atoms with Crippen molar-refractivity contribution in [2.75, 3.05) is 32.3 Å². The van der Waals surface area contributed by atoms with Crippen LogP contribution in [-0.2, 0) is 24.3 Å². The topological polar surface area (TPSA) is 110 Å². The van der Waals surface area contributed by atoms with E-state index in [9.17, 15) is 22.8 Å². The van der Waals surface area contributed by atoms with E-state index in [1.165, 1.54) is 20.2 Å². The van der Waals surface area contributed by atoms with Crippen LogP contribution in [0.2, 0.25) is 0 Å². The quantitative estimate of drug-likeness (QED) is 0.317. The number of sulfonamides is 1. The van der Waals surface area contributed by atoms with Gasteiger partial charge in [0.05, 0.1) is 11.3 Å². The second-order valence-electron chi connectivity index (χ2n) is 7.13. The molecule has 2 aromatic carbocycles. The number of carbonyl (C=O) groups is 3. The average Bonchev–Trinajstić information content (AvgIpc) is 2.77. The SMILES string of the molecule is CSc1ccc(C(=O)CCC(=O)OCC(=O)Nc2ccc(C)c(S(=O)(=O)N(C)C)c2)cc1. The van der Waals surface area contributed by atoms with Gasteiger partial charge in [-0.25, -0.2) is 12.7 Å². The van der Waals surface area contributed by atoms with Gasteiger partial charge in [-0.15, -0.1) is 11.8 Å². The van der Waals surface area contributed by atoms with E-state index in [2.05, 4.69) is 5.32 Å². The monoisotopic (exact) mass is 478 g/mol. The predicted molar refractivity (Wildman–Crippen MR) is 123 cm³/mol. The van der Waals surface area contributed by atoms with E-state index in [-0.39, 0.29) is 29.2 Å². The molecule has 1 amide bonds. The number of amides is 1. The molecule has 0 unspecified atom stereocenters. The highest BCUT2D eigenvalue weighted by molar-refractivity contribution is 7.98. The number of esters is 1. The van der Waals surface area contributed by atoms with Crippen LogP contribution in [0.1, 0.15) is 28.8 Å². The van der Waals surface area contributed by atoms with Crippen LogP contribution in [-0.4, -0.2) is 57.3 Å². The van der Waals surface area contributed by atoms with Crippen LogP contribution in [0.15, 0.2) is 52.3 Å². The fourth-order valence-corrected chi connectivity index (χ4v) is 4.26. The van der Waals surface area contributed by atoms with E-state index in [0.717, 1.165) is 9.20 Å². The molecule has 0 atom stereocenters. The van der Waals surface area contributed by atoms with Gasteiger partial charge >= 0.3 is 5.97 Å². The maximum absolute atomic E-state index is 12.4. The van der Waals surface area contributed by atoms with E-state index in [4.69, 9.17) is 4.74 Å². The molecule has 0 radical (unpaired) electrons. The lowest BCUT2D eigenvalue weighted by molar-refractivity contribution is -0.147. The minimum Gasteiger partial charge on any atom is -0.456 e. The lowest BCUT2D eigenvalue weighted by Gasteiger charge is -2.15. The number of anilines is 1. The zero-order valence-electron chi connectivity index (χ0n) is 18.4. The van der Waals surface area contributed by atoms with Gasteiger partial charge in [-0.05, 0) is 43.0 Å². The van der Waals surface area contributed by atoms with Crippen LogP contribution >= 0.6 is 11.8 Å². The van der Waals surface area contributed by atoms with Gasteiger partial charge in [0, 0.05) is 36.7 Å². The molecule has 1 N–H and O–H groups in total. The standard InChI is InChI=1S/C22H26N2O6S2/c1-15-5-8-17(13-20(15)32(28,29)24(2)3)23-21(26)14-30-22(27)12-11-19(25)16-6-9-18(31-4)10-7-16/h5-10,13H,11-12,14H2,1-4H3,(H,23,26). The van der Waals surface area contributed by atoms with Crippen molar-refractivity contribution in [3.63, 3.8) is 0 Å². The van der Waals surface area contributed by atoms with Crippen LogP contribution in [0, 0.1) is 6.92 Å². The molecule has 0 aliphatic heterocycles. The third-order valence-corrected chi connectivity index (χ3v) is 7.26. The highest BCUT2D eigenvalue weighted by atomic mass is 32.2. The number of thioether (sulfide) groups is 1. The Kier molecular flexibility index (Phi) is 8.99. The number of nitrogens with zero attached hydrogens (tertiary/aromatic N) is 1. The van der Waals surface area contributed by atoms with Crippen molar-refractivity contribution in [3.8, 4) is 0 Å². The molecule has 8 nitrogen and oxygen atoms in total. The molecule has 172 valence electrons. The van der Waals surface area contributed by atoms with Crippen LogP contribution in [0.3, 0.4) is 0 Å². The fraction of sp³-hybridized carbons (Fsp3) is 0.318. The van der Waals surface area contributed by atoms with Gasteiger partial charge in [0.2, 0.25) is 10.0 Å². The molecule has 2 rings (SSSR count). The van der Waals surface area contributed by atoms with Gasteiger partial charge in [-0.1, -0.05) is 18.2 Å². The van der Waals surface area contributed by atoms with Gasteiger partial charge in [0.1, 0.15) is 0 Å². The predicted octanol–water partition coefficient (Wildman–Crippen LogP) is 3.11. The second kappa shape index (κ2) is 11.3. The van der Waals surface area contributed by atoms with E-state index in [1.54, 1.807) is 43.0 Å². The molecule has 0 saturated carbocycles. The summed E-state index contributed by atoms with van der Waals surface area (Å²) in [5.41, 5.74) is 1.31. The average molecular weight is 479 g/mol. The zero-order valence-corrected chi connectivity index (χ0v) is 20.0. The highest BCUT2D eigenvalue weighted by Gasteiger charge is 2.20. The summed E-state index contributed by atoms with van der Waals surface area (Å²) in [6.07, 6.45) is 1.77. The lowest BCUT2D eigenvalue weighted by Crippen LogP contribution is -2.24. The first-order chi connectivity index (χ1) is 15.0. The van der Waals surface area contributed by atoms with Crippen molar-refractivity contribution in [2.45, 2.75) is 29.6 Å². The molecule has 0 spiro atoms. The molecule has 0 aliphatic carbocycles. The normalized spacial score (nSPS) is 11.3. The van der Waals surface area contributed by atoms with Crippen molar-refractivity contribution >= 4 is 45.1 Å². The number of nitrogens with one attached hydrogen (secondary N) is 1. The molecule has 0 saturated heterocycles. The third kappa shape index (κ3) is 6.91. The van der Waals surface area contributed by atoms with E-state index in [0.29, 0.717) is 11.1 Å². The van der Waals surface area contributed by atoms with E-state index >= 15 is 0 Å². The number of hydrogen-bond acceptors (Lipinski definition) is 7. The van der Waals surface area contributed by atoms with Crippen molar-refractivity contribution < 1.29 is 27.5 Å². The van der Waals surface area contributed by atoms with Gasteiger partial charge in [0.25, 0.3) is 5.91 Å². The fourth-order valence-electron chi connectivity index (χ4n) is 2.70. The maximum Gasteiger partial charge on any atom is 0.306 e. The number of benzene rings is 2. The summed E-state index contributed by atoms with van der Waals surface area (Å²) in [7, 11) is -0.830. The number of hydrogen-bond donors (Lipinski definition) is 1. The first kappa shape index (κ1) is 25.6. The smallest absolute Gasteiger partial charge is 0.306 e. The molecule has 0 fully saturated rings. The first-order valence-electron chi connectivity index (χ1n) is 9.70. The molecule has 0 bridgehead atoms. The molecule has 10 heteroatoms. The summed E-state index contributed by atoms with van der Waals surface area (Å²) < 4.78 is 30.8. The summed E-state index contributed by atoms with van der Waals surface area (Å²) in [6.45, 7) is 1.11. The number of ether oxygens (including phenoxy) is 1. The molecule has 0 aromatic heterocycles. The molecule has 0 heterocycles. The minimum absolute atomic E-state index is 0.0250. The van der Waals surface area contributed by atoms with Crippen molar-refractivity contribution in [1.29, 1.82) is 0 Å². The van der Waals surface area contributed by atoms with Gasteiger partial charge in [0.15, 0.2) is 12.4 Å². The Bertz CT molecular complexity index is 1100. The third-order valence-electron chi connectivity index (χ3n) is 4.56. The molecule has 32 heavy (non-hydrogen) atoms. The molecular weight excluding hydrogens is 452 g/mol. The Morgan fingerprint density at radius 3 is 2.28 bits per heavy atom. The first-order valence-corrected chi connectivity index (χ1v) is 12.4. The van der Waals surface area contributed by atoms with Gasteiger partial charge in [-0.3, -0.25) is 14.4 Å². The summed E-state index contributed by atoms with van der Waals surface area (Å²) in [5.74, 6) is -1.48. The largest absolute Gasteiger partial charge is 0.456 e. The maximum atomic E-state index is 12.4. The molecule has 2 aromatic rings. The van der Waals surface area contributed by atoms with Crippen LogP contribution in [0.5, 0.6) is 0 Å². The molecular formula is C22H26N2O6S2. The van der Waals surface area contributed by atoms with Crippen molar-refractivity contribution in [1.82, 2.24) is 4.31 Å².